The maximum absolute atomic E-state index is 13.0. The number of carbonyl (C=O) groups is 5. The fourth-order valence-corrected chi connectivity index (χ4v) is 5.43. The maximum atomic E-state index is 13.0. The van der Waals surface area contributed by atoms with Crippen LogP contribution in [0.15, 0.2) is 66.9 Å². The number of ether oxygens (including phenoxy) is 1. The second kappa shape index (κ2) is 18.4. The van der Waals surface area contributed by atoms with Crippen molar-refractivity contribution in [3.63, 3.8) is 0 Å². The molecular formula is C38H42N6O6. The molecule has 0 saturated heterocycles. The zero-order valence-electron chi connectivity index (χ0n) is 28.9. The molecule has 12 heteroatoms. The lowest BCUT2D eigenvalue weighted by Crippen LogP contribution is -2.45. The van der Waals surface area contributed by atoms with Gasteiger partial charge in [0.1, 0.15) is 23.0 Å². The molecule has 0 aliphatic rings. The number of hydrogen-bond acceptors (Lipinski definition) is 11. The lowest BCUT2D eigenvalue weighted by molar-refractivity contribution is -0.142. The molecule has 0 spiro atoms. The Morgan fingerprint density at radius 3 is 1.84 bits per heavy atom. The number of methoxy groups -OCH3 is 1. The van der Waals surface area contributed by atoms with Crippen LogP contribution in [-0.4, -0.2) is 120 Å². The van der Waals surface area contributed by atoms with Gasteiger partial charge < -0.3 is 10.1 Å². The van der Waals surface area contributed by atoms with Gasteiger partial charge in [0.2, 0.25) is 5.91 Å². The molecule has 0 atom stereocenters. The summed E-state index contributed by atoms with van der Waals surface area (Å²) in [4.78, 5) is 75.1. The van der Waals surface area contributed by atoms with Gasteiger partial charge in [-0.15, -0.1) is 0 Å². The minimum Gasteiger partial charge on any atom is -0.468 e. The van der Waals surface area contributed by atoms with Gasteiger partial charge in [0.25, 0.3) is 0 Å². The van der Waals surface area contributed by atoms with E-state index in [9.17, 15) is 24.0 Å². The molecule has 4 aromatic rings. The van der Waals surface area contributed by atoms with Crippen molar-refractivity contribution in [1.29, 1.82) is 0 Å². The molecule has 0 aliphatic carbocycles. The highest BCUT2D eigenvalue weighted by Crippen LogP contribution is 2.22. The van der Waals surface area contributed by atoms with E-state index in [0.29, 0.717) is 37.6 Å². The molecule has 0 fully saturated rings. The van der Waals surface area contributed by atoms with E-state index in [-0.39, 0.29) is 56.0 Å². The molecule has 0 saturated carbocycles. The highest BCUT2D eigenvalue weighted by molar-refractivity contribution is 6.02. The second-order valence-electron chi connectivity index (χ2n) is 12.2. The highest BCUT2D eigenvalue weighted by Gasteiger charge is 2.18. The van der Waals surface area contributed by atoms with Gasteiger partial charge in [0.05, 0.1) is 50.9 Å². The van der Waals surface area contributed by atoms with Crippen molar-refractivity contribution >= 4 is 56.7 Å². The Bertz CT molecular complexity index is 1920. The number of benzene rings is 2. The van der Waals surface area contributed by atoms with Crippen LogP contribution in [0.5, 0.6) is 0 Å². The molecule has 2 heterocycles. The molecule has 1 amide bonds. The SMILES string of the molecule is COC(=O)CN(CCN(CCN(CC(C)=O)CC(=O)Nc1ccc(C#Cc2ccc3ccc4cccnc4c3n2)cc1)CC(C)=O)CC(C)=O. The third-order valence-electron chi connectivity index (χ3n) is 7.69. The van der Waals surface area contributed by atoms with E-state index in [4.69, 9.17) is 9.72 Å². The number of Topliss-reactive ketones (excluding diaryl/α,β-unsaturated/α-hetero) is 3. The van der Waals surface area contributed by atoms with E-state index >= 15 is 0 Å². The molecule has 1 N–H and O–H groups in total. The second-order valence-corrected chi connectivity index (χ2v) is 12.2. The van der Waals surface area contributed by atoms with Crippen molar-refractivity contribution in [3.8, 4) is 11.8 Å². The zero-order chi connectivity index (χ0) is 36.0. The minimum absolute atomic E-state index is 0.0367. The van der Waals surface area contributed by atoms with Crippen molar-refractivity contribution in [2.45, 2.75) is 20.8 Å². The number of rotatable bonds is 17. The van der Waals surface area contributed by atoms with E-state index < -0.39 is 5.97 Å². The van der Waals surface area contributed by atoms with Gasteiger partial charge >= 0.3 is 5.97 Å². The number of pyridine rings is 2. The normalized spacial score (nSPS) is 11.1. The Morgan fingerprint density at radius 2 is 1.22 bits per heavy atom. The maximum Gasteiger partial charge on any atom is 0.319 e. The highest BCUT2D eigenvalue weighted by atomic mass is 16.5. The Labute approximate surface area is 291 Å². The quantitative estimate of drug-likeness (QED) is 0.100. The van der Waals surface area contributed by atoms with Gasteiger partial charge in [-0.05, 0) is 69.2 Å². The van der Waals surface area contributed by atoms with Crippen LogP contribution in [0.4, 0.5) is 5.69 Å². The van der Waals surface area contributed by atoms with Gasteiger partial charge in [0, 0.05) is 54.4 Å². The summed E-state index contributed by atoms with van der Waals surface area (Å²) in [5, 5.41) is 4.88. The summed E-state index contributed by atoms with van der Waals surface area (Å²) in [5.41, 5.74) is 3.58. The standard InChI is InChI=1S/C38H42N6O6/c1-27(45)22-42(19-21-44(24-29(3)47)26-36(49)50-4)18-20-43(23-28(2)46)25-35(48)40-33-13-7-30(8-14-33)9-15-34-16-12-32-11-10-31-6-5-17-39-37(31)38(32)41-34/h5-8,10-14,16-17H,18-26H2,1-4H3,(H,40,48). The monoisotopic (exact) mass is 678 g/mol. The number of aromatic nitrogens is 2. The van der Waals surface area contributed by atoms with E-state index in [2.05, 4.69) is 22.1 Å². The number of nitrogens with zero attached hydrogens (tertiary/aromatic N) is 5. The van der Waals surface area contributed by atoms with Crippen LogP contribution < -0.4 is 5.32 Å². The average Bonchev–Trinajstić information content (AvgIpc) is 3.08. The molecule has 50 heavy (non-hydrogen) atoms. The smallest absolute Gasteiger partial charge is 0.319 e. The van der Waals surface area contributed by atoms with E-state index in [1.807, 2.05) is 53.4 Å². The number of carbonyl (C=O) groups excluding carboxylic acids is 5. The molecule has 2 aromatic carbocycles. The molecule has 2 aromatic heterocycles. The Hall–Kier alpha value is -5.35. The van der Waals surface area contributed by atoms with Gasteiger partial charge in [0.15, 0.2) is 0 Å². The summed E-state index contributed by atoms with van der Waals surface area (Å²) < 4.78 is 4.74. The fourth-order valence-electron chi connectivity index (χ4n) is 5.43. The number of nitrogens with one attached hydrogen (secondary N) is 1. The summed E-state index contributed by atoms with van der Waals surface area (Å²) in [6.07, 6.45) is 1.75. The largest absolute Gasteiger partial charge is 0.468 e. The van der Waals surface area contributed by atoms with Crippen LogP contribution in [0.3, 0.4) is 0 Å². The van der Waals surface area contributed by atoms with E-state index in [0.717, 1.165) is 27.4 Å². The molecule has 260 valence electrons. The Balaban J connectivity index is 1.35. The Morgan fingerprint density at radius 1 is 0.660 bits per heavy atom. The molecular weight excluding hydrogens is 636 g/mol. The summed E-state index contributed by atoms with van der Waals surface area (Å²) in [6.45, 7) is 6.04. The number of amides is 1. The van der Waals surface area contributed by atoms with Crippen molar-refractivity contribution in [2.24, 2.45) is 0 Å². The number of anilines is 1. The number of fused-ring (bicyclic) bond motifs is 3. The predicted molar refractivity (Wildman–Crippen MR) is 191 cm³/mol. The van der Waals surface area contributed by atoms with Crippen LogP contribution in [0.25, 0.3) is 21.8 Å². The molecule has 0 bridgehead atoms. The molecule has 0 radical (unpaired) electrons. The molecule has 0 aliphatic heterocycles. The van der Waals surface area contributed by atoms with Crippen molar-refractivity contribution in [1.82, 2.24) is 24.7 Å². The van der Waals surface area contributed by atoms with Gasteiger partial charge in [-0.3, -0.25) is 43.7 Å². The lowest BCUT2D eigenvalue weighted by Gasteiger charge is -2.28. The molecule has 0 unspecified atom stereocenters. The molecule has 12 nitrogen and oxygen atoms in total. The van der Waals surface area contributed by atoms with Crippen molar-refractivity contribution in [2.75, 3.05) is 71.3 Å². The average molecular weight is 679 g/mol. The summed E-state index contributed by atoms with van der Waals surface area (Å²) >= 11 is 0. The summed E-state index contributed by atoms with van der Waals surface area (Å²) in [7, 11) is 1.28. The summed E-state index contributed by atoms with van der Waals surface area (Å²) in [6, 6.07) is 18.9. The van der Waals surface area contributed by atoms with E-state index in [1.54, 1.807) is 28.1 Å². The van der Waals surface area contributed by atoms with Crippen molar-refractivity contribution < 1.29 is 28.7 Å². The first-order valence-corrected chi connectivity index (χ1v) is 16.3. The number of esters is 1. The third-order valence-corrected chi connectivity index (χ3v) is 7.69. The number of ketones is 3. The van der Waals surface area contributed by atoms with Crippen LogP contribution in [0, 0.1) is 11.8 Å². The third kappa shape index (κ3) is 12.0. The van der Waals surface area contributed by atoms with Gasteiger partial charge in [-0.25, -0.2) is 4.98 Å². The van der Waals surface area contributed by atoms with Gasteiger partial charge in [-0.1, -0.05) is 24.1 Å². The molecule has 4 rings (SSSR count). The van der Waals surface area contributed by atoms with Gasteiger partial charge in [-0.2, -0.15) is 0 Å². The first-order valence-electron chi connectivity index (χ1n) is 16.3. The fraction of sp³-hybridized carbons (Fsp3) is 0.342. The van der Waals surface area contributed by atoms with Crippen LogP contribution in [-0.2, 0) is 28.7 Å². The first-order chi connectivity index (χ1) is 24.0. The Kier molecular flexibility index (Phi) is 13.8. The number of hydrogen-bond donors (Lipinski definition) is 1. The predicted octanol–water partition coefficient (Wildman–Crippen LogP) is 2.97. The van der Waals surface area contributed by atoms with E-state index in [1.165, 1.54) is 27.9 Å². The van der Waals surface area contributed by atoms with Crippen LogP contribution in [0.1, 0.15) is 32.0 Å². The first kappa shape index (κ1) is 37.5. The topological polar surface area (TPSA) is 142 Å². The lowest BCUT2D eigenvalue weighted by atomic mass is 10.1. The summed E-state index contributed by atoms with van der Waals surface area (Å²) in [5.74, 6) is 5.22. The van der Waals surface area contributed by atoms with Crippen molar-refractivity contribution in [3.05, 3.63) is 78.1 Å². The zero-order valence-corrected chi connectivity index (χ0v) is 28.9. The minimum atomic E-state index is -0.462. The van der Waals surface area contributed by atoms with Crippen LogP contribution >= 0.6 is 0 Å². The van der Waals surface area contributed by atoms with Crippen LogP contribution in [0.2, 0.25) is 0 Å².